The first kappa shape index (κ1) is 11.1. The third-order valence-electron chi connectivity index (χ3n) is 2.26. The first-order chi connectivity index (χ1) is 7.65. The predicted molar refractivity (Wildman–Crippen MR) is 64.7 cm³/mol. The maximum absolute atomic E-state index is 10.6. The molecule has 0 atom stereocenters. The van der Waals surface area contributed by atoms with Gasteiger partial charge in [0.1, 0.15) is 0 Å². The minimum Gasteiger partial charge on any atom is -0.466 e. The molecule has 2 rings (SSSR count). The van der Waals surface area contributed by atoms with Crippen LogP contribution in [0.25, 0.3) is 10.2 Å². The quantitative estimate of drug-likeness (QED) is 0.768. The first-order valence-corrected chi connectivity index (χ1v) is 5.96. The second kappa shape index (κ2) is 4.61. The standard InChI is InChI=1S/C12H13NO2S/c1-8-13-11-4-3-10(7-12(11)16-8)5-6-15-9(2)14/h3-4,7H,5-6H2,1-2H3. The molecule has 0 aliphatic rings. The Kier molecular flexibility index (Phi) is 3.19. The van der Waals surface area contributed by atoms with Crippen molar-refractivity contribution in [1.82, 2.24) is 4.98 Å². The van der Waals surface area contributed by atoms with Crippen molar-refractivity contribution < 1.29 is 9.53 Å². The molecule has 0 saturated heterocycles. The Balaban J connectivity index is 2.10. The molecule has 0 amide bonds. The molecule has 2 aromatic rings. The molecule has 84 valence electrons. The molecule has 0 saturated carbocycles. The highest BCUT2D eigenvalue weighted by atomic mass is 32.1. The number of ether oxygens (including phenoxy) is 1. The Morgan fingerprint density at radius 1 is 1.50 bits per heavy atom. The fraction of sp³-hybridized carbons (Fsp3) is 0.333. The summed E-state index contributed by atoms with van der Waals surface area (Å²) in [5.74, 6) is -0.227. The number of benzene rings is 1. The van der Waals surface area contributed by atoms with Gasteiger partial charge in [0.15, 0.2) is 0 Å². The molecule has 0 spiro atoms. The number of esters is 1. The molecule has 1 aromatic heterocycles. The van der Waals surface area contributed by atoms with Crippen LogP contribution in [0.3, 0.4) is 0 Å². The molecule has 0 bridgehead atoms. The number of hydrogen-bond donors (Lipinski definition) is 0. The van der Waals surface area contributed by atoms with Gasteiger partial charge in [0.2, 0.25) is 0 Å². The minimum atomic E-state index is -0.227. The van der Waals surface area contributed by atoms with Gasteiger partial charge < -0.3 is 4.74 Å². The highest BCUT2D eigenvalue weighted by molar-refractivity contribution is 7.18. The zero-order valence-electron chi connectivity index (χ0n) is 9.32. The van der Waals surface area contributed by atoms with Gasteiger partial charge >= 0.3 is 5.97 Å². The Bertz CT molecular complexity index is 519. The maximum atomic E-state index is 10.6. The third-order valence-corrected chi connectivity index (χ3v) is 3.19. The first-order valence-electron chi connectivity index (χ1n) is 5.14. The summed E-state index contributed by atoms with van der Waals surface area (Å²) in [5, 5.41) is 1.08. The largest absolute Gasteiger partial charge is 0.466 e. The van der Waals surface area contributed by atoms with Crippen molar-refractivity contribution in [3.63, 3.8) is 0 Å². The molecular formula is C12H13NO2S. The maximum Gasteiger partial charge on any atom is 0.302 e. The Morgan fingerprint density at radius 3 is 3.06 bits per heavy atom. The van der Waals surface area contributed by atoms with E-state index < -0.39 is 0 Å². The fourth-order valence-electron chi connectivity index (χ4n) is 1.55. The second-order valence-electron chi connectivity index (χ2n) is 3.63. The number of thiazole rings is 1. The van der Waals surface area contributed by atoms with Crippen LogP contribution in [0.2, 0.25) is 0 Å². The fourth-order valence-corrected chi connectivity index (χ4v) is 2.44. The van der Waals surface area contributed by atoms with Gasteiger partial charge in [0.05, 0.1) is 21.8 Å². The lowest BCUT2D eigenvalue weighted by atomic mass is 10.1. The van der Waals surface area contributed by atoms with Crippen LogP contribution in [0.4, 0.5) is 0 Å². The summed E-state index contributed by atoms with van der Waals surface area (Å²) in [7, 11) is 0. The highest BCUT2D eigenvalue weighted by Gasteiger charge is 2.02. The molecule has 0 fully saturated rings. The van der Waals surface area contributed by atoms with E-state index in [1.54, 1.807) is 11.3 Å². The number of fused-ring (bicyclic) bond motifs is 1. The normalized spacial score (nSPS) is 10.6. The lowest BCUT2D eigenvalue weighted by Gasteiger charge is -2.01. The SMILES string of the molecule is CC(=O)OCCc1ccc2nc(C)sc2c1. The Labute approximate surface area is 98.1 Å². The van der Waals surface area contributed by atoms with E-state index in [0.29, 0.717) is 6.61 Å². The van der Waals surface area contributed by atoms with Gasteiger partial charge in [-0.3, -0.25) is 4.79 Å². The number of nitrogens with zero attached hydrogens (tertiary/aromatic N) is 1. The van der Waals surface area contributed by atoms with Gasteiger partial charge in [-0.05, 0) is 24.6 Å². The van der Waals surface area contributed by atoms with Crippen LogP contribution >= 0.6 is 11.3 Å². The van der Waals surface area contributed by atoms with Crippen LogP contribution in [-0.2, 0) is 16.0 Å². The molecule has 0 aliphatic carbocycles. The van der Waals surface area contributed by atoms with E-state index in [1.807, 2.05) is 19.1 Å². The summed E-state index contributed by atoms with van der Waals surface area (Å²) in [6, 6.07) is 6.16. The second-order valence-corrected chi connectivity index (χ2v) is 4.86. The zero-order valence-corrected chi connectivity index (χ0v) is 10.1. The molecule has 3 nitrogen and oxygen atoms in total. The van der Waals surface area contributed by atoms with Crippen LogP contribution in [0.5, 0.6) is 0 Å². The lowest BCUT2D eigenvalue weighted by molar-refractivity contribution is -0.140. The van der Waals surface area contributed by atoms with Crippen LogP contribution in [-0.4, -0.2) is 17.6 Å². The van der Waals surface area contributed by atoms with Crippen LogP contribution in [0.15, 0.2) is 18.2 Å². The van der Waals surface area contributed by atoms with Crippen molar-refractivity contribution in [3.8, 4) is 0 Å². The summed E-state index contributed by atoms with van der Waals surface area (Å²) >= 11 is 1.69. The summed E-state index contributed by atoms with van der Waals surface area (Å²) < 4.78 is 6.10. The van der Waals surface area contributed by atoms with Crippen LogP contribution in [0, 0.1) is 6.92 Å². The van der Waals surface area contributed by atoms with Crippen molar-refractivity contribution in [2.45, 2.75) is 20.3 Å². The van der Waals surface area contributed by atoms with E-state index in [0.717, 1.165) is 16.9 Å². The highest BCUT2D eigenvalue weighted by Crippen LogP contribution is 2.22. The van der Waals surface area contributed by atoms with E-state index in [9.17, 15) is 4.79 Å². The van der Waals surface area contributed by atoms with Gasteiger partial charge in [0.25, 0.3) is 0 Å². The van der Waals surface area contributed by atoms with Crippen LogP contribution < -0.4 is 0 Å². The molecule has 0 aliphatic heterocycles. The summed E-state index contributed by atoms with van der Waals surface area (Å²) in [6.07, 6.45) is 0.756. The van der Waals surface area contributed by atoms with Gasteiger partial charge in [0, 0.05) is 13.3 Å². The molecule has 1 heterocycles. The molecule has 4 heteroatoms. The molecule has 16 heavy (non-hydrogen) atoms. The van der Waals surface area contributed by atoms with Gasteiger partial charge in [-0.15, -0.1) is 11.3 Å². The van der Waals surface area contributed by atoms with Crippen molar-refractivity contribution in [3.05, 3.63) is 28.8 Å². The Hall–Kier alpha value is -1.42. The number of rotatable bonds is 3. The van der Waals surface area contributed by atoms with Gasteiger partial charge in [-0.1, -0.05) is 6.07 Å². The third kappa shape index (κ3) is 2.58. The zero-order chi connectivity index (χ0) is 11.5. The predicted octanol–water partition coefficient (Wildman–Crippen LogP) is 2.71. The van der Waals surface area contributed by atoms with Crippen molar-refractivity contribution in [1.29, 1.82) is 0 Å². The van der Waals surface area contributed by atoms with E-state index >= 15 is 0 Å². The van der Waals surface area contributed by atoms with Gasteiger partial charge in [-0.25, -0.2) is 4.98 Å². The monoisotopic (exact) mass is 235 g/mol. The van der Waals surface area contributed by atoms with Gasteiger partial charge in [-0.2, -0.15) is 0 Å². The Morgan fingerprint density at radius 2 is 2.31 bits per heavy atom. The molecular weight excluding hydrogens is 222 g/mol. The van der Waals surface area contributed by atoms with Crippen molar-refractivity contribution >= 4 is 27.5 Å². The smallest absolute Gasteiger partial charge is 0.302 e. The average Bonchev–Trinajstić information content (AvgIpc) is 2.56. The van der Waals surface area contributed by atoms with Crippen LogP contribution in [0.1, 0.15) is 17.5 Å². The minimum absolute atomic E-state index is 0.227. The summed E-state index contributed by atoms with van der Waals surface area (Å²) in [5.41, 5.74) is 2.22. The van der Waals surface area contributed by atoms with E-state index in [2.05, 4.69) is 11.1 Å². The lowest BCUT2D eigenvalue weighted by Crippen LogP contribution is -2.02. The number of hydrogen-bond acceptors (Lipinski definition) is 4. The summed E-state index contributed by atoms with van der Waals surface area (Å²) in [6.45, 7) is 3.87. The van der Waals surface area contributed by atoms with Crippen molar-refractivity contribution in [2.24, 2.45) is 0 Å². The molecule has 0 unspecified atom stereocenters. The number of carbonyl (C=O) groups is 1. The van der Waals surface area contributed by atoms with E-state index in [-0.39, 0.29) is 5.97 Å². The van der Waals surface area contributed by atoms with Crippen molar-refractivity contribution in [2.75, 3.05) is 6.61 Å². The number of carbonyl (C=O) groups excluding carboxylic acids is 1. The molecule has 1 aromatic carbocycles. The average molecular weight is 235 g/mol. The molecule has 0 N–H and O–H groups in total. The van der Waals surface area contributed by atoms with E-state index in [4.69, 9.17) is 4.74 Å². The van der Waals surface area contributed by atoms with E-state index in [1.165, 1.54) is 17.2 Å². The molecule has 0 radical (unpaired) electrons. The summed E-state index contributed by atoms with van der Waals surface area (Å²) in [4.78, 5) is 15.0. The topological polar surface area (TPSA) is 39.2 Å². The number of aryl methyl sites for hydroxylation is 1. The number of aromatic nitrogens is 1.